The fourth-order valence-electron chi connectivity index (χ4n) is 22.4. The van der Waals surface area contributed by atoms with Crippen molar-refractivity contribution in [2.45, 2.75) is 51.4 Å². The van der Waals surface area contributed by atoms with Crippen LogP contribution in [0.15, 0.2) is 292 Å². The maximum absolute atomic E-state index is 5.17. The Kier molecular flexibility index (Phi) is 13.3. The number of rotatable bonds is 0. The van der Waals surface area contributed by atoms with E-state index >= 15 is 0 Å². The number of fused-ring (bicyclic) bond motifs is 52. The molecule has 8 aliphatic rings. The minimum atomic E-state index is 0.887. The van der Waals surface area contributed by atoms with Crippen LogP contribution < -0.4 is 0 Å². The maximum Gasteiger partial charge on any atom is 0.164 e. The number of benzene rings is 8. The van der Waals surface area contributed by atoms with Gasteiger partial charge in [-0.25, -0.2) is 19.9 Å². The molecule has 8 aliphatic carbocycles. The molecule has 0 aliphatic heterocycles. The average Bonchev–Trinajstić information content (AvgIpc) is 1.56. The standard InChI is InChI=1S/4C27H16N4/c4*1-2-6-18-15(5-1)11-16-12-17-13-23-25(21(17)14-20(16)18)30-27-26-19(7-3-9-29-26)24-22(31(23)27)8-4-10-28-24/h4*1-10,12,14H,11,13H2. The molecule has 0 fully saturated rings. The molecular weight excluding hydrogens is 1520 g/mol. The average molecular weight is 1590 g/mol. The highest BCUT2D eigenvalue weighted by Gasteiger charge is 2.37. The molecule has 0 amide bonds. The first-order valence-electron chi connectivity index (χ1n) is 42.6. The van der Waals surface area contributed by atoms with E-state index in [2.05, 4.69) is 212 Å². The van der Waals surface area contributed by atoms with E-state index in [9.17, 15) is 0 Å². The Morgan fingerprint density at radius 1 is 0.169 bits per heavy atom. The van der Waals surface area contributed by atoms with E-state index in [4.69, 9.17) is 59.8 Å². The van der Waals surface area contributed by atoms with Crippen LogP contribution in [0.25, 0.3) is 200 Å². The Morgan fingerprint density at radius 2 is 0.379 bits per heavy atom. The van der Waals surface area contributed by atoms with E-state index in [0.717, 1.165) is 184 Å². The van der Waals surface area contributed by atoms with E-state index in [1.807, 2.05) is 98.1 Å². The van der Waals surface area contributed by atoms with Gasteiger partial charge >= 0.3 is 0 Å². The second-order valence-electron chi connectivity index (χ2n) is 34.1. The van der Waals surface area contributed by atoms with Crippen molar-refractivity contribution < 1.29 is 0 Å². The van der Waals surface area contributed by atoms with Gasteiger partial charge in [0.05, 0.1) is 89.7 Å². The summed E-state index contributed by atoms with van der Waals surface area (Å²) in [7, 11) is 0. The molecule has 16 heteroatoms. The van der Waals surface area contributed by atoms with Crippen LogP contribution in [0.4, 0.5) is 0 Å². The van der Waals surface area contributed by atoms with Crippen LogP contribution in [0.3, 0.4) is 0 Å². The molecule has 0 atom stereocenters. The van der Waals surface area contributed by atoms with Crippen LogP contribution in [0.1, 0.15) is 89.5 Å². The number of pyridine rings is 12. The molecule has 8 aromatic carbocycles. The Bertz CT molecular complexity index is 8010. The molecule has 16 heterocycles. The number of hydrogen-bond acceptors (Lipinski definition) is 12. The van der Waals surface area contributed by atoms with Crippen LogP contribution in [0, 0.1) is 0 Å². The van der Waals surface area contributed by atoms with Crippen molar-refractivity contribution in [1.82, 2.24) is 77.4 Å². The lowest BCUT2D eigenvalue weighted by Gasteiger charge is -2.09. The molecule has 0 N–H and O–H groups in total. The maximum atomic E-state index is 5.17. The van der Waals surface area contributed by atoms with Gasteiger partial charge in [0.25, 0.3) is 0 Å². The molecule has 32 rings (SSSR count). The Balaban J connectivity index is 0.0000000828. The van der Waals surface area contributed by atoms with Crippen LogP contribution in [-0.4, -0.2) is 77.4 Å². The number of aromatic nitrogens is 16. The quantitative estimate of drug-likeness (QED) is 0.132. The Labute approximate surface area is 706 Å². The molecule has 0 radical (unpaired) electrons. The highest BCUT2D eigenvalue weighted by molar-refractivity contribution is 6.13. The van der Waals surface area contributed by atoms with Gasteiger partial charge in [0.2, 0.25) is 0 Å². The van der Waals surface area contributed by atoms with Gasteiger partial charge in [0.15, 0.2) is 22.6 Å². The predicted octanol–water partition coefficient (Wildman–Crippen LogP) is 22.3. The van der Waals surface area contributed by atoms with Crippen LogP contribution in [0.2, 0.25) is 0 Å². The first kappa shape index (κ1) is 66.7. The van der Waals surface area contributed by atoms with Gasteiger partial charge in [-0.1, -0.05) is 121 Å². The molecule has 0 bridgehead atoms. The van der Waals surface area contributed by atoms with Crippen molar-refractivity contribution in [2.75, 3.05) is 0 Å². The second kappa shape index (κ2) is 24.7. The molecule has 0 saturated carbocycles. The molecule has 576 valence electrons. The Hall–Kier alpha value is -16.2. The summed E-state index contributed by atoms with van der Waals surface area (Å²) in [6.45, 7) is 0. The summed E-state index contributed by atoms with van der Waals surface area (Å²) in [6.07, 6.45) is 22.4. The highest BCUT2D eigenvalue weighted by atomic mass is 15.1. The molecule has 0 unspecified atom stereocenters. The summed E-state index contributed by atoms with van der Waals surface area (Å²) in [4.78, 5) is 58.2. The van der Waals surface area contributed by atoms with Gasteiger partial charge in [0, 0.05) is 119 Å². The van der Waals surface area contributed by atoms with Crippen molar-refractivity contribution in [2.24, 2.45) is 0 Å². The lowest BCUT2D eigenvalue weighted by molar-refractivity contribution is 1.08. The first-order valence-corrected chi connectivity index (χ1v) is 42.6. The molecule has 16 aromatic heterocycles. The van der Waals surface area contributed by atoms with Crippen molar-refractivity contribution >= 4 is 110 Å². The van der Waals surface area contributed by atoms with Gasteiger partial charge in [-0.15, -0.1) is 0 Å². The zero-order valence-corrected chi connectivity index (χ0v) is 66.5. The number of nitrogens with zero attached hydrogens (tertiary/aromatic N) is 16. The van der Waals surface area contributed by atoms with E-state index in [-0.39, 0.29) is 0 Å². The lowest BCUT2D eigenvalue weighted by atomic mass is 9.99. The summed E-state index contributed by atoms with van der Waals surface area (Å²) in [5.41, 5.74) is 57.7. The van der Waals surface area contributed by atoms with Crippen LogP contribution >= 0.6 is 0 Å². The van der Waals surface area contributed by atoms with E-state index in [1.54, 1.807) is 0 Å². The van der Waals surface area contributed by atoms with Gasteiger partial charge < -0.3 is 0 Å². The fourth-order valence-corrected chi connectivity index (χ4v) is 22.4. The summed E-state index contributed by atoms with van der Waals surface area (Å²) >= 11 is 0. The predicted molar refractivity (Wildman–Crippen MR) is 489 cm³/mol. The summed E-state index contributed by atoms with van der Waals surface area (Å²) < 4.78 is 9.14. The molecular formula is C108H64N16. The molecule has 124 heavy (non-hydrogen) atoms. The first-order chi connectivity index (χ1) is 61.5. The third-order valence-corrected chi connectivity index (χ3v) is 27.6. The third kappa shape index (κ3) is 9.18. The third-order valence-electron chi connectivity index (χ3n) is 27.6. The number of imidazole rings is 4. The van der Waals surface area contributed by atoms with Gasteiger partial charge in [0.1, 0.15) is 22.1 Å². The van der Waals surface area contributed by atoms with Crippen molar-refractivity contribution in [3.05, 3.63) is 382 Å². The highest BCUT2D eigenvalue weighted by Crippen LogP contribution is 2.52. The van der Waals surface area contributed by atoms with Crippen molar-refractivity contribution in [3.63, 3.8) is 0 Å². The minimum Gasteiger partial charge on any atom is -0.292 e. The van der Waals surface area contributed by atoms with Crippen LogP contribution in [-0.2, 0) is 51.4 Å². The zero-order chi connectivity index (χ0) is 80.4. The summed E-state index contributed by atoms with van der Waals surface area (Å²) in [6, 6.07) is 86.9. The molecule has 24 aromatic rings. The molecule has 16 nitrogen and oxygen atoms in total. The normalized spacial score (nSPS) is 13.5. The van der Waals surface area contributed by atoms with E-state index < -0.39 is 0 Å². The number of hydrogen-bond donors (Lipinski definition) is 0. The zero-order valence-electron chi connectivity index (χ0n) is 66.5. The van der Waals surface area contributed by atoms with E-state index in [0.29, 0.717) is 0 Å². The fraction of sp³-hybridized carbons (Fsp3) is 0.0741. The molecule has 0 spiro atoms. The Morgan fingerprint density at radius 3 is 0.621 bits per heavy atom. The van der Waals surface area contributed by atoms with Crippen molar-refractivity contribution in [3.8, 4) is 89.5 Å². The lowest BCUT2D eigenvalue weighted by Crippen LogP contribution is -1.98. The summed E-state index contributed by atoms with van der Waals surface area (Å²) in [5.74, 6) is 0. The van der Waals surface area contributed by atoms with Crippen molar-refractivity contribution in [1.29, 1.82) is 0 Å². The topological polar surface area (TPSA) is 172 Å². The monoisotopic (exact) mass is 1580 g/mol. The van der Waals surface area contributed by atoms with Gasteiger partial charge in [-0.3, -0.25) is 57.5 Å². The van der Waals surface area contributed by atoms with Crippen LogP contribution in [0.5, 0.6) is 0 Å². The van der Waals surface area contributed by atoms with Gasteiger partial charge in [-0.05, 0) is 258 Å². The largest absolute Gasteiger partial charge is 0.292 e. The summed E-state index contributed by atoms with van der Waals surface area (Å²) in [5, 5.41) is 4.21. The second-order valence-corrected chi connectivity index (χ2v) is 34.1. The minimum absolute atomic E-state index is 0.887. The SMILES string of the molecule is c1ccc2c(c1)Cc1cc3c(cc1-2)-c1nc2c4ncccc4c4ncccc4n2c1C3.c1ccc2c(c1)Cc1cc3c(cc1-2)-c1nc2c4ncccc4c4ncccc4n2c1C3.c1ccc2c(c1)Cc1cc3c(cc1-2)-c1nc2c4ncccc4c4ncccc4n2c1C3.c1ccc2c(c1)Cc1cc3c(cc1-2)-c1nc2c4ncccc4c4ncccc4n2c1C3. The molecule has 0 saturated heterocycles. The van der Waals surface area contributed by atoms with E-state index in [1.165, 1.54) is 156 Å². The smallest absolute Gasteiger partial charge is 0.164 e. The van der Waals surface area contributed by atoms with Gasteiger partial charge in [-0.2, -0.15) is 0 Å².